The van der Waals surface area contributed by atoms with Crippen LogP contribution in [0, 0.1) is 6.92 Å². The van der Waals surface area contributed by atoms with Crippen LogP contribution in [0.3, 0.4) is 0 Å². The molecule has 112 valence electrons. The largest absolute Gasteiger partial charge is 0.341 e. The molecule has 0 saturated carbocycles. The minimum Gasteiger partial charge on any atom is -0.341 e. The van der Waals surface area contributed by atoms with Gasteiger partial charge in [-0.15, -0.1) is 0 Å². The Bertz CT molecular complexity index is 600. The van der Waals surface area contributed by atoms with E-state index < -0.39 is 0 Å². The molecule has 0 bridgehead atoms. The Hall–Kier alpha value is -1.86. The standard InChI is InChI=1S/C14H20N6S/c1-4-20(5-2)13-16-12(19-15)17-14(18-13)21-11-9-7-6-8-10(11)3/h6-9H,4-5,15H2,1-3H3,(H,16,17,18,19). The van der Waals surface area contributed by atoms with E-state index in [1.807, 2.05) is 12.1 Å². The maximum absolute atomic E-state index is 5.46. The maximum atomic E-state index is 5.46. The molecule has 7 heteroatoms. The number of hydrogen-bond acceptors (Lipinski definition) is 7. The molecular formula is C14H20N6S. The lowest BCUT2D eigenvalue weighted by atomic mass is 10.2. The number of nitrogens with one attached hydrogen (secondary N) is 1. The van der Waals surface area contributed by atoms with Crippen LogP contribution in [-0.4, -0.2) is 28.0 Å². The molecule has 0 saturated heterocycles. The summed E-state index contributed by atoms with van der Waals surface area (Å²) in [5.74, 6) is 6.48. The summed E-state index contributed by atoms with van der Waals surface area (Å²) in [7, 11) is 0. The zero-order chi connectivity index (χ0) is 15.2. The van der Waals surface area contributed by atoms with Gasteiger partial charge in [0.1, 0.15) is 0 Å². The van der Waals surface area contributed by atoms with Gasteiger partial charge in [-0.3, -0.25) is 5.43 Å². The summed E-state index contributed by atoms with van der Waals surface area (Å²) in [6, 6.07) is 8.14. The molecule has 1 aromatic heterocycles. The van der Waals surface area contributed by atoms with Crippen molar-refractivity contribution < 1.29 is 0 Å². The van der Waals surface area contributed by atoms with E-state index >= 15 is 0 Å². The molecule has 0 unspecified atom stereocenters. The highest BCUT2D eigenvalue weighted by atomic mass is 32.2. The Kier molecular flexibility index (Phi) is 5.35. The van der Waals surface area contributed by atoms with Gasteiger partial charge in [-0.1, -0.05) is 18.2 Å². The Morgan fingerprint density at radius 2 is 1.86 bits per heavy atom. The van der Waals surface area contributed by atoms with Gasteiger partial charge in [-0.25, -0.2) is 5.84 Å². The minimum absolute atomic E-state index is 0.378. The van der Waals surface area contributed by atoms with Gasteiger partial charge in [-0.05, 0) is 44.2 Å². The number of hydrogen-bond donors (Lipinski definition) is 2. The highest BCUT2D eigenvalue weighted by Gasteiger charge is 2.12. The molecule has 2 rings (SSSR count). The minimum atomic E-state index is 0.378. The van der Waals surface area contributed by atoms with Crippen LogP contribution in [0.15, 0.2) is 34.3 Å². The topological polar surface area (TPSA) is 80.0 Å². The van der Waals surface area contributed by atoms with Gasteiger partial charge in [0, 0.05) is 18.0 Å². The van der Waals surface area contributed by atoms with Crippen molar-refractivity contribution in [3.8, 4) is 0 Å². The smallest absolute Gasteiger partial charge is 0.242 e. The summed E-state index contributed by atoms with van der Waals surface area (Å²) < 4.78 is 0. The average molecular weight is 304 g/mol. The number of nitrogens with zero attached hydrogens (tertiary/aromatic N) is 4. The fourth-order valence-electron chi connectivity index (χ4n) is 1.87. The van der Waals surface area contributed by atoms with Crippen molar-refractivity contribution in [2.45, 2.75) is 30.8 Å². The van der Waals surface area contributed by atoms with Crippen LogP contribution in [0.5, 0.6) is 0 Å². The molecule has 0 amide bonds. The molecule has 0 aliphatic rings. The van der Waals surface area contributed by atoms with E-state index in [-0.39, 0.29) is 0 Å². The van der Waals surface area contributed by atoms with Gasteiger partial charge in [0.05, 0.1) is 0 Å². The van der Waals surface area contributed by atoms with E-state index in [2.05, 4.69) is 58.2 Å². The highest BCUT2D eigenvalue weighted by molar-refractivity contribution is 7.99. The normalized spacial score (nSPS) is 10.5. The zero-order valence-corrected chi connectivity index (χ0v) is 13.3. The highest BCUT2D eigenvalue weighted by Crippen LogP contribution is 2.28. The lowest BCUT2D eigenvalue weighted by Crippen LogP contribution is -2.25. The second-order valence-electron chi connectivity index (χ2n) is 4.43. The lowest BCUT2D eigenvalue weighted by Gasteiger charge is -2.19. The number of rotatable bonds is 6. The SMILES string of the molecule is CCN(CC)c1nc(NN)nc(Sc2ccccc2C)n1. The Labute approximate surface area is 129 Å². The number of benzene rings is 1. The van der Waals surface area contributed by atoms with Crippen LogP contribution < -0.4 is 16.2 Å². The first-order valence-electron chi connectivity index (χ1n) is 6.89. The van der Waals surface area contributed by atoms with Gasteiger partial charge in [0.15, 0.2) is 5.16 Å². The van der Waals surface area contributed by atoms with E-state index in [0.717, 1.165) is 18.0 Å². The van der Waals surface area contributed by atoms with Gasteiger partial charge >= 0.3 is 0 Å². The molecule has 0 radical (unpaired) electrons. The summed E-state index contributed by atoms with van der Waals surface area (Å²) in [5, 5.41) is 0.633. The van der Waals surface area contributed by atoms with Crippen molar-refractivity contribution in [2.24, 2.45) is 5.84 Å². The van der Waals surface area contributed by atoms with E-state index in [1.165, 1.54) is 17.3 Å². The molecule has 21 heavy (non-hydrogen) atoms. The monoisotopic (exact) mass is 304 g/mol. The zero-order valence-electron chi connectivity index (χ0n) is 12.5. The van der Waals surface area contributed by atoms with Crippen molar-refractivity contribution in [2.75, 3.05) is 23.4 Å². The molecule has 0 fully saturated rings. The molecule has 1 aromatic carbocycles. The number of aryl methyl sites for hydroxylation is 1. The molecule has 0 spiro atoms. The molecule has 0 atom stereocenters. The summed E-state index contributed by atoms with van der Waals surface area (Å²) in [5.41, 5.74) is 3.70. The number of nitrogens with two attached hydrogens (primary N) is 1. The number of anilines is 2. The Morgan fingerprint density at radius 1 is 1.14 bits per heavy atom. The number of nitrogen functional groups attached to an aromatic ring is 1. The number of aromatic nitrogens is 3. The van der Waals surface area contributed by atoms with E-state index in [4.69, 9.17) is 5.84 Å². The average Bonchev–Trinajstić information content (AvgIpc) is 2.50. The first kappa shape index (κ1) is 15.5. The van der Waals surface area contributed by atoms with Crippen LogP contribution >= 0.6 is 11.8 Å². The van der Waals surface area contributed by atoms with Crippen LogP contribution in [0.4, 0.5) is 11.9 Å². The molecule has 0 aliphatic carbocycles. The van der Waals surface area contributed by atoms with E-state index in [1.54, 1.807) is 0 Å². The molecule has 2 aromatic rings. The third-order valence-corrected chi connectivity index (χ3v) is 4.12. The molecular weight excluding hydrogens is 284 g/mol. The molecule has 3 N–H and O–H groups in total. The van der Waals surface area contributed by atoms with Crippen LogP contribution in [0.25, 0.3) is 0 Å². The van der Waals surface area contributed by atoms with Gasteiger partial charge < -0.3 is 4.90 Å². The van der Waals surface area contributed by atoms with Crippen molar-refractivity contribution in [1.82, 2.24) is 15.0 Å². The fourth-order valence-corrected chi connectivity index (χ4v) is 2.70. The van der Waals surface area contributed by atoms with Crippen molar-refractivity contribution in [1.29, 1.82) is 0 Å². The second-order valence-corrected chi connectivity index (χ2v) is 5.43. The first-order chi connectivity index (χ1) is 10.2. The fraction of sp³-hybridized carbons (Fsp3) is 0.357. The van der Waals surface area contributed by atoms with E-state index in [0.29, 0.717) is 17.1 Å². The third kappa shape index (κ3) is 3.83. The molecule has 1 heterocycles. The Balaban J connectivity index is 2.35. The first-order valence-corrected chi connectivity index (χ1v) is 7.70. The Morgan fingerprint density at radius 3 is 2.48 bits per heavy atom. The predicted octanol–water partition coefficient (Wildman–Crippen LogP) is 2.46. The van der Waals surface area contributed by atoms with Crippen molar-refractivity contribution >= 4 is 23.7 Å². The quantitative estimate of drug-likeness (QED) is 0.627. The van der Waals surface area contributed by atoms with Crippen LogP contribution in [0.1, 0.15) is 19.4 Å². The van der Waals surface area contributed by atoms with Gasteiger partial charge in [0.25, 0.3) is 0 Å². The lowest BCUT2D eigenvalue weighted by molar-refractivity contribution is 0.783. The van der Waals surface area contributed by atoms with Crippen LogP contribution in [0.2, 0.25) is 0 Å². The molecule has 0 aliphatic heterocycles. The molecule has 6 nitrogen and oxygen atoms in total. The summed E-state index contributed by atoms with van der Waals surface area (Å²) >= 11 is 1.51. The van der Waals surface area contributed by atoms with E-state index in [9.17, 15) is 0 Å². The summed E-state index contributed by atoms with van der Waals surface area (Å²) in [4.78, 5) is 16.3. The van der Waals surface area contributed by atoms with Gasteiger partial charge in [0.2, 0.25) is 11.9 Å². The third-order valence-electron chi connectivity index (χ3n) is 3.07. The summed E-state index contributed by atoms with van der Waals surface area (Å²) in [6.45, 7) is 7.86. The van der Waals surface area contributed by atoms with Crippen LogP contribution in [-0.2, 0) is 0 Å². The maximum Gasteiger partial charge on any atom is 0.242 e. The van der Waals surface area contributed by atoms with Crippen molar-refractivity contribution in [3.63, 3.8) is 0 Å². The van der Waals surface area contributed by atoms with Gasteiger partial charge in [-0.2, -0.15) is 15.0 Å². The van der Waals surface area contributed by atoms with Crippen molar-refractivity contribution in [3.05, 3.63) is 29.8 Å². The predicted molar refractivity (Wildman–Crippen MR) is 86.5 cm³/mol. The summed E-state index contributed by atoms with van der Waals surface area (Å²) in [6.07, 6.45) is 0. The second kappa shape index (κ2) is 7.24. The number of hydrazine groups is 1.